The molecule has 16 heavy (non-hydrogen) atoms. The van der Waals surface area contributed by atoms with Crippen molar-refractivity contribution in [3.63, 3.8) is 0 Å². The van der Waals surface area contributed by atoms with E-state index in [0.29, 0.717) is 16.9 Å². The average Bonchev–Trinajstić information content (AvgIpc) is 2.61. The van der Waals surface area contributed by atoms with E-state index in [4.69, 9.17) is 0 Å². The van der Waals surface area contributed by atoms with Gasteiger partial charge < -0.3 is 5.32 Å². The molecule has 0 aliphatic heterocycles. The van der Waals surface area contributed by atoms with Gasteiger partial charge in [0.1, 0.15) is 12.2 Å². The fourth-order valence-electron chi connectivity index (χ4n) is 1.67. The Balaban J connectivity index is 2.45. The second kappa shape index (κ2) is 6.35. The molecule has 1 aromatic rings. The van der Waals surface area contributed by atoms with E-state index in [1.54, 1.807) is 6.33 Å². The Morgan fingerprint density at radius 2 is 2.06 bits per heavy atom. The summed E-state index contributed by atoms with van der Waals surface area (Å²) in [5.74, 6) is 1.00. The molecular weight excluding hydrogens is 268 g/mol. The third-order valence-corrected chi connectivity index (χ3v) is 2.80. The second-order valence-electron chi connectivity index (χ2n) is 4.51. The molecule has 0 radical (unpaired) electrons. The number of nitrogens with zero attached hydrogens (tertiary/aromatic N) is 3. The number of aromatic nitrogens is 3. The Hall–Kier alpha value is -0.420. The summed E-state index contributed by atoms with van der Waals surface area (Å²) in [6.07, 6.45) is 2.73. The summed E-state index contributed by atoms with van der Waals surface area (Å²) in [5, 5.41) is 7.67. The van der Waals surface area contributed by atoms with Gasteiger partial charge in [-0.1, -0.05) is 22.9 Å². The van der Waals surface area contributed by atoms with E-state index in [9.17, 15) is 0 Å². The predicted octanol–water partition coefficient (Wildman–Crippen LogP) is 2.51. The largest absolute Gasteiger partial charge is 0.307 e. The maximum atomic E-state index is 4.27. The number of nitrogens with one attached hydrogen (secondary N) is 1. The molecule has 0 amide bonds. The van der Waals surface area contributed by atoms with Crippen molar-refractivity contribution < 1.29 is 0 Å². The molecule has 0 bridgehead atoms. The molecule has 4 nitrogen and oxygen atoms in total. The van der Waals surface area contributed by atoms with E-state index in [0.717, 1.165) is 18.8 Å². The third-order valence-electron chi connectivity index (χ3n) is 2.42. The molecule has 1 N–H and O–H groups in total. The van der Waals surface area contributed by atoms with Gasteiger partial charge in [0.25, 0.3) is 0 Å². The molecule has 1 aromatic heterocycles. The maximum absolute atomic E-state index is 4.27. The van der Waals surface area contributed by atoms with Gasteiger partial charge >= 0.3 is 0 Å². The van der Waals surface area contributed by atoms with Crippen molar-refractivity contribution in [2.45, 2.75) is 57.6 Å². The van der Waals surface area contributed by atoms with Crippen LogP contribution in [-0.2, 0) is 6.54 Å². The van der Waals surface area contributed by atoms with Gasteiger partial charge in [0.05, 0.1) is 6.54 Å². The van der Waals surface area contributed by atoms with E-state index < -0.39 is 0 Å². The molecule has 0 fully saturated rings. The minimum atomic E-state index is 0.365. The first kappa shape index (κ1) is 13.6. The highest BCUT2D eigenvalue weighted by atomic mass is 79.9. The molecule has 0 aliphatic carbocycles. The third kappa shape index (κ3) is 4.22. The molecule has 2 unspecified atom stereocenters. The predicted molar refractivity (Wildman–Crippen MR) is 69.7 cm³/mol. The van der Waals surface area contributed by atoms with Crippen LogP contribution in [0.15, 0.2) is 6.33 Å². The van der Waals surface area contributed by atoms with Crippen LogP contribution in [0.3, 0.4) is 0 Å². The average molecular weight is 289 g/mol. The van der Waals surface area contributed by atoms with Crippen LogP contribution in [-0.4, -0.2) is 25.6 Å². The zero-order chi connectivity index (χ0) is 12.1. The molecule has 5 heteroatoms. The van der Waals surface area contributed by atoms with Gasteiger partial charge in [-0.25, -0.2) is 9.67 Å². The van der Waals surface area contributed by atoms with E-state index in [1.165, 1.54) is 0 Å². The molecule has 1 rings (SSSR count). The monoisotopic (exact) mass is 288 g/mol. The first-order valence-electron chi connectivity index (χ1n) is 5.76. The lowest BCUT2D eigenvalue weighted by molar-refractivity contribution is 0.458. The van der Waals surface area contributed by atoms with Crippen molar-refractivity contribution in [2.75, 3.05) is 0 Å². The first-order valence-corrected chi connectivity index (χ1v) is 6.68. The fraction of sp³-hybridized carbons (Fsp3) is 0.818. The summed E-state index contributed by atoms with van der Waals surface area (Å²) in [4.78, 5) is 4.81. The van der Waals surface area contributed by atoms with Gasteiger partial charge in [-0.2, -0.15) is 5.10 Å². The number of alkyl halides is 1. The highest BCUT2D eigenvalue weighted by Crippen LogP contribution is 2.08. The first-order chi connectivity index (χ1) is 7.50. The zero-order valence-electron chi connectivity index (χ0n) is 10.4. The van der Waals surface area contributed by atoms with Crippen molar-refractivity contribution in [1.82, 2.24) is 20.1 Å². The zero-order valence-corrected chi connectivity index (χ0v) is 12.0. The fourth-order valence-corrected chi connectivity index (χ4v) is 2.23. The summed E-state index contributed by atoms with van der Waals surface area (Å²) in [6, 6.07) is 0.844. The molecule has 0 saturated heterocycles. The summed E-state index contributed by atoms with van der Waals surface area (Å²) < 4.78 is 1.96. The second-order valence-corrected chi connectivity index (χ2v) is 6.08. The van der Waals surface area contributed by atoms with Gasteiger partial charge in [0, 0.05) is 16.9 Å². The van der Waals surface area contributed by atoms with Crippen LogP contribution in [0.1, 0.15) is 46.0 Å². The Bertz CT molecular complexity index is 309. The van der Waals surface area contributed by atoms with Gasteiger partial charge in [-0.05, 0) is 27.2 Å². The van der Waals surface area contributed by atoms with Gasteiger partial charge in [0.15, 0.2) is 0 Å². The summed E-state index contributed by atoms with van der Waals surface area (Å²) in [5.41, 5.74) is 0. The van der Waals surface area contributed by atoms with Crippen LogP contribution in [0, 0.1) is 0 Å². The lowest BCUT2D eigenvalue weighted by atomic mass is 10.2. The van der Waals surface area contributed by atoms with Crippen LogP contribution in [0.2, 0.25) is 0 Å². The summed E-state index contributed by atoms with van der Waals surface area (Å²) >= 11 is 3.56. The van der Waals surface area contributed by atoms with Crippen molar-refractivity contribution in [3.05, 3.63) is 12.2 Å². The van der Waals surface area contributed by atoms with Crippen molar-refractivity contribution in [2.24, 2.45) is 0 Å². The molecule has 2 atom stereocenters. The number of halogens is 1. The van der Waals surface area contributed by atoms with Crippen LogP contribution in [0.4, 0.5) is 0 Å². The SMILES string of the molecule is CC(Br)CC(C)NCc1ncnn1C(C)C. The Morgan fingerprint density at radius 3 is 2.62 bits per heavy atom. The molecule has 0 saturated carbocycles. The summed E-state index contributed by atoms with van der Waals surface area (Å²) in [7, 11) is 0. The number of rotatable bonds is 6. The van der Waals surface area contributed by atoms with E-state index in [-0.39, 0.29) is 0 Å². The molecule has 1 heterocycles. The van der Waals surface area contributed by atoms with Gasteiger partial charge in [0.2, 0.25) is 0 Å². The Morgan fingerprint density at radius 1 is 1.38 bits per heavy atom. The molecular formula is C11H21BrN4. The number of hydrogen-bond acceptors (Lipinski definition) is 3. The standard InChI is InChI=1S/C11H21BrN4/c1-8(2)16-11(14-7-15-16)6-13-10(4)5-9(3)12/h7-10,13H,5-6H2,1-4H3. The maximum Gasteiger partial charge on any atom is 0.141 e. The minimum absolute atomic E-state index is 0.365. The smallest absolute Gasteiger partial charge is 0.141 e. The van der Waals surface area contributed by atoms with Gasteiger partial charge in [-0.15, -0.1) is 0 Å². The molecule has 92 valence electrons. The Kier molecular flexibility index (Phi) is 5.41. The molecule has 0 spiro atoms. The van der Waals surface area contributed by atoms with Crippen molar-refractivity contribution in [3.8, 4) is 0 Å². The lowest BCUT2D eigenvalue weighted by Crippen LogP contribution is -2.29. The topological polar surface area (TPSA) is 42.7 Å². The van der Waals surface area contributed by atoms with E-state index in [2.05, 4.69) is 59.0 Å². The van der Waals surface area contributed by atoms with Crippen LogP contribution in [0.25, 0.3) is 0 Å². The van der Waals surface area contributed by atoms with E-state index >= 15 is 0 Å². The number of hydrogen-bond donors (Lipinski definition) is 1. The highest BCUT2D eigenvalue weighted by Gasteiger charge is 2.10. The lowest BCUT2D eigenvalue weighted by Gasteiger charge is -2.16. The van der Waals surface area contributed by atoms with Crippen LogP contribution in [0.5, 0.6) is 0 Å². The molecule has 0 aliphatic rings. The molecule has 0 aromatic carbocycles. The minimum Gasteiger partial charge on any atom is -0.307 e. The van der Waals surface area contributed by atoms with Crippen molar-refractivity contribution in [1.29, 1.82) is 0 Å². The highest BCUT2D eigenvalue weighted by molar-refractivity contribution is 9.09. The van der Waals surface area contributed by atoms with E-state index in [1.807, 2.05) is 4.68 Å². The van der Waals surface area contributed by atoms with Crippen LogP contribution < -0.4 is 5.32 Å². The quantitative estimate of drug-likeness (QED) is 0.818. The normalized spacial score (nSPS) is 15.4. The van der Waals surface area contributed by atoms with Crippen molar-refractivity contribution >= 4 is 15.9 Å². The van der Waals surface area contributed by atoms with Crippen LogP contribution >= 0.6 is 15.9 Å². The summed E-state index contributed by atoms with van der Waals surface area (Å²) in [6.45, 7) is 9.35. The van der Waals surface area contributed by atoms with Gasteiger partial charge in [-0.3, -0.25) is 0 Å². The Labute approximate surface area is 106 Å².